The van der Waals surface area contributed by atoms with Crippen LogP contribution in [0.2, 0.25) is 5.28 Å². The Morgan fingerprint density at radius 2 is 1.81 bits per heavy atom. The van der Waals surface area contributed by atoms with Gasteiger partial charge in [0.2, 0.25) is 17.2 Å². The molecule has 0 bridgehead atoms. The molecule has 0 aliphatic carbocycles. The molecule has 0 saturated carbocycles. The van der Waals surface area contributed by atoms with Crippen LogP contribution in [-0.2, 0) is 0 Å². The van der Waals surface area contributed by atoms with E-state index in [1.807, 2.05) is 24.6 Å². The van der Waals surface area contributed by atoms with Crippen molar-refractivity contribution in [2.45, 2.75) is 51.5 Å². The molecule has 6 heterocycles. The van der Waals surface area contributed by atoms with Crippen molar-refractivity contribution in [1.29, 1.82) is 0 Å². The molecular formula is C25H31ClN10S. The quantitative estimate of drug-likeness (QED) is 0.346. The average molecular weight is 539 g/mol. The predicted molar refractivity (Wildman–Crippen MR) is 149 cm³/mol. The topological polar surface area (TPSA) is 114 Å². The maximum atomic E-state index is 6.20. The van der Waals surface area contributed by atoms with E-state index >= 15 is 0 Å². The lowest BCUT2D eigenvalue weighted by Crippen LogP contribution is -2.45. The van der Waals surface area contributed by atoms with Crippen molar-refractivity contribution in [3.05, 3.63) is 34.6 Å². The highest BCUT2D eigenvalue weighted by atomic mass is 35.5. The van der Waals surface area contributed by atoms with Crippen molar-refractivity contribution in [3.63, 3.8) is 0 Å². The van der Waals surface area contributed by atoms with Gasteiger partial charge in [-0.15, -0.1) is 16.4 Å². The van der Waals surface area contributed by atoms with Gasteiger partial charge in [-0.2, -0.15) is 14.6 Å². The number of nitrogens with zero attached hydrogens (tertiary/aromatic N) is 8. The van der Waals surface area contributed by atoms with Crippen LogP contribution in [0.1, 0.15) is 44.1 Å². The highest BCUT2D eigenvalue weighted by molar-refractivity contribution is 7.17. The van der Waals surface area contributed by atoms with Crippen LogP contribution >= 0.6 is 22.9 Å². The van der Waals surface area contributed by atoms with Crippen molar-refractivity contribution in [2.75, 3.05) is 42.1 Å². The van der Waals surface area contributed by atoms with Crippen LogP contribution in [0.25, 0.3) is 16.0 Å². The summed E-state index contributed by atoms with van der Waals surface area (Å²) in [5, 5.41) is 9.89. The second kappa shape index (κ2) is 10.4. The van der Waals surface area contributed by atoms with Gasteiger partial charge in [-0.25, -0.2) is 9.97 Å². The summed E-state index contributed by atoms with van der Waals surface area (Å²) in [5.41, 5.74) is 8.80. The van der Waals surface area contributed by atoms with Crippen molar-refractivity contribution < 1.29 is 0 Å². The number of anilines is 4. The molecule has 2 aliphatic rings. The summed E-state index contributed by atoms with van der Waals surface area (Å²) in [4.78, 5) is 22.9. The maximum Gasteiger partial charge on any atom is 0.248 e. The Kier molecular flexibility index (Phi) is 6.83. The molecule has 0 unspecified atom stereocenters. The molecule has 4 aromatic heterocycles. The second-order valence-electron chi connectivity index (χ2n) is 9.82. The van der Waals surface area contributed by atoms with E-state index in [0.29, 0.717) is 17.8 Å². The number of nitrogen functional groups attached to an aromatic ring is 1. The number of piperidine rings is 1. The molecule has 2 fully saturated rings. The van der Waals surface area contributed by atoms with Crippen LogP contribution in [0.15, 0.2) is 23.7 Å². The van der Waals surface area contributed by atoms with Crippen LogP contribution < -0.4 is 16.0 Å². The molecule has 0 atom stereocenters. The van der Waals surface area contributed by atoms with E-state index in [2.05, 4.69) is 41.2 Å². The van der Waals surface area contributed by atoms with E-state index in [-0.39, 0.29) is 11.2 Å². The van der Waals surface area contributed by atoms with E-state index in [1.54, 1.807) is 0 Å². The summed E-state index contributed by atoms with van der Waals surface area (Å²) >= 11 is 7.70. The van der Waals surface area contributed by atoms with E-state index in [4.69, 9.17) is 22.3 Å². The third kappa shape index (κ3) is 5.07. The lowest BCUT2D eigenvalue weighted by molar-refractivity contribution is 0.175. The van der Waals surface area contributed by atoms with Gasteiger partial charge < -0.3 is 20.9 Å². The summed E-state index contributed by atoms with van der Waals surface area (Å²) < 4.78 is 2.35. The summed E-state index contributed by atoms with van der Waals surface area (Å²) in [6.07, 6.45) is 9.68. The predicted octanol–water partition coefficient (Wildman–Crippen LogP) is 4.80. The Labute approximate surface area is 224 Å². The Morgan fingerprint density at radius 3 is 2.54 bits per heavy atom. The Hall–Kier alpha value is -3.02. The molecule has 4 aromatic rings. The monoisotopic (exact) mass is 538 g/mol. The largest absolute Gasteiger partial charge is 0.368 e. The number of thiophene rings is 1. The summed E-state index contributed by atoms with van der Waals surface area (Å²) in [7, 11) is 0. The molecule has 6 rings (SSSR count). The Balaban J connectivity index is 1.12. The highest BCUT2D eigenvalue weighted by Gasteiger charge is 2.25. The zero-order valence-electron chi connectivity index (χ0n) is 20.9. The molecular weight excluding hydrogens is 508 g/mol. The number of likely N-dealkylation sites (tertiary alicyclic amines) is 1. The number of nitrogens with two attached hydrogens (primary N) is 1. The summed E-state index contributed by atoms with van der Waals surface area (Å²) in [5.74, 6) is 2.09. The SMILES string of the molecule is Cc1csc2c(-n3nc(Nc4ccc(N5CCC(N6CCCCCC6)CC5)nc4)nc3N)nc(Cl)nc12. The number of aromatic nitrogens is 6. The van der Waals surface area contributed by atoms with Gasteiger partial charge in [0.15, 0.2) is 5.82 Å². The van der Waals surface area contributed by atoms with Gasteiger partial charge in [-0.1, -0.05) is 12.8 Å². The molecule has 0 aromatic carbocycles. The van der Waals surface area contributed by atoms with E-state index in [0.717, 1.165) is 40.4 Å². The highest BCUT2D eigenvalue weighted by Crippen LogP contribution is 2.31. The minimum atomic E-state index is 0.142. The fourth-order valence-electron chi connectivity index (χ4n) is 5.36. The number of rotatable bonds is 5. The third-order valence-corrected chi connectivity index (χ3v) is 8.58. The number of fused-ring (bicyclic) bond motifs is 1. The molecule has 3 N–H and O–H groups in total. The van der Waals surface area contributed by atoms with E-state index < -0.39 is 0 Å². The molecule has 0 radical (unpaired) electrons. The minimum Gasteiger partial charge on any atom is -0.368 e. The van der Waals surface area contributed by atoms with Gasteiger partial charge in [0.05, 0.1) is 22.1 Å². The lowest BCUT2D eigenvalue weighted by atomic mass is 10.0. The Bertz CT molecular complexity index is 1370. The summed E-state index contributed by atoms with van der Waals surface area (Å²) in [6.45, 7) is 6.60. The number of nitrogens with one attached hydrogen (secondary N) is 1. The first kappa shape index (κ1) is 24.3. The number of aryl methyl sites for hydroxylation is 1. The van der Waals surface area contributed by atoms with Gasteiger partial charge in [-0.05, 0) is 80.4 Å². The Morgan fingerprint density at radius 1 is 1.03 bits per heavy atom. The number of halogens is 1. The zero-order valence-corrected chi connectivity index (χ0v) is 22.5. The van der Waals surface area contributed by atoms with E-state index in [9.17, 15) is 0 Å². The zero-order chi connectivity index (χ0) is 25.4. The normalized spacial score (nSPS) is 17.8. The van der Waals surface area contributed by atoms with Gasteiger partial charge in [0, 0.05) is 19.1 Å². The fourth-order valence-corrected chi connectivity index (χ4v) is 6.49. The van der Waals surface area contributed by atoms with Crippen molar-refractivity contribution in [3.8, 4) is 5.82 Å². The number of pyridine rings is 1. The standard InChI is InChI=1S/C25H31ClN10S/c1-16-15-37-21-20(16)30-23(26)31-22(21)36-24(27)32-25(33-36)29-17-6-7-19(28-14-17)35-12-8-18(9-13-35)34-10-4-2-3-5-11-34/h6-7,14-15,18H,2-5,8-13H2,1H3,(H3,27,29,32,33). The minimum absolute atomic E-state index is 0.142. The van der Waals surface area contributed by atoms with Crippen LogP contribution in [-0.4, -0.2) is 66.8 Å². The second-order valence-corrected chi connectivity index (χ2v) is 11.0. The smallest absolute Gasteiger partial charge is 0.248 e. The van der Waals surface area contributed by atoms with Crippen LogP contribution in [0, 0.1) is 6.92 Å². The molecule has 2 aliphatic heterocycles. The van der Waals surface area contributed by atoms with Crippen LogP contribution in [0.5, 0.6) is 0 Å². The third-order valence-electron chi connectivity index (χ3n) is 7.33. The molecule has 10 nitrogen and oxygen atoms in total. The first-order valence-corrected chi connectivity index (χ1v) is 14.2. The van der Waals surface area contributed by atoms with Gasteiger partial charge in [0.1, 0.15) is 5.82 Å². The first-order valence-electron chi connectivity index (χ1n) is 12.9. The average Bonchev–Trinajstić information content (AvgIpc) is 3.33. The first-order chi connectivity index (χ1) is 18.0. The van der Waals surface area contributed by atoms with Gasteiger partial charge >= 0.3 is 0 Å². The van der Waals surface area contributed by atoms with Crippen LogP contribution in [0.4, 0.5) is 23.4 Å². The molecule has 0 spiro atoms. The summed E-state index contributed by atoms with van der Waals surface area (Å²) in [6, 6.07) is 4.77. The molecule has 12 heteroatoms. The van der Waals surface area contributed by atoms with Crippen LogP contribution in [0.3, 0.4) is 0 Å². The van der Waals surface area contributed by atoms with Crippen molar-refractivity contribution >= 4 is 56.6 Å². The van der Waals surface area contributed by atoms with Gasteiger partial charge in [-0.3, -0.25) is 0 Å². The van der Waals surface area contributed by atoms with Gasteiger partial charge in [0.25, 0.3) is 0 Å². The lowest BCUT2D eigenvalue weighted by Gasteiger charge is -2.38. The van der Waals surface area contributed by atoms with Crippen molar-refractivity contribution in [2.24, 2.45) is 0 Å². The molecule has 194 valence electrons. The molecule has 37 heavy (non-hydrogen) atoms. The van der Waals surface area contributed by atoms with Crippen molar-refractivity contribution in [1.82, 2.24) is 34.6 Å². The fraction of sp³-hybridized carbons (Fsp3) is 0.480. The maximum absolute atomic E-state index is 6.20. The molecule has 0 amide bonds. The number of hydrogen-bond donors (Lipinski definition) is 2. The number of hydrogen-bond acceptors (Lipinski definition) is 10. The molecule has 2 saturated heterocycles. The van der Waals surface area contributed by atoms with E-state index in [1.165, 1.54) is 67.6 Å².